The van der Waals surface area contributed by atoms with Gasteiger partial charge in [-0.15, -0.1) is 0 Å². The highest BCUT2D eigenvalue weighted by atomic mass is 79.9. The fourth-order valence-electron chi connectivity index (χ4n) is 1.85. The minimum absolute atomic E-state index is 0.360. The van der Waals surface area contributed by atoms with Gasteiger partial charge in [0, 0.05) is 5.69 Å². The molecule has 0 unspecified atom stereocenters. The summed E-state index contributed by atoms with van der Waals surface area (Å²) in [6.07, 6.45) is 0. The van der Waals surface area contributed by atoms with Gasteiger partial charge in [-0.2, -0.15) is 0 Å². The van der Waals surface area contributed by atoms with E-state index in [2.05, 4.69) is 26.0 Å². The summed E-state index contributed by atoms with van der Waals surface area (Å²) in [5.41, 5.74) is 8.70. The number of methoxy groups -OCH3 is 1. The van der Waals surface area contributed by atoms with Gasteiger partial charge in [0.05, 0.1) is 28.5 Å². The first-order chi connectivity index (χ1) is 9.92. The Morgan fingerprint density at radius 1 is 1.29 bits per heavy atom. The smallest absolute Gasteiger partial charge is 0.337 e. The third-order valence-electron chi connectivity index (χ3n) is 3.01. The first-order valence-corrected chi connectivity index (χ1v) is 6.92. The molecular weight excluding hydrogens is 339 g/mol. The number of hydrogen-bond acceptors (Lipinski definition) is 4. The van der Waals surface area contributed by atoms with Gasteiger partial charge < -0.3 is 15.8 Å². The van der Waals surface area contributed by atoms with Crippen molar-refractivity contribution in [3.8, 4) is 0 Å². The number of halogens is 2. The maximum atomic E-state index is 13.6. The molecule has 0 fully saturated rings. The number of nitrogen functional groups attached to an aromatic ring is 1. The molecule has 0 spiro atoms. The van der Waals surface area contributed by atoms with Crippen molar-refractivity contribution in [2.45, 2.75) is 6.92 Å². The second kappa shape index (κ2) is 6.13. The largest absolute Gasteiger partial charge is 0.465 e. The van der Waals surface area contributed by atoms with Crippen LogP contribution in [-0.4, -0.2) is 13.1 Å². The molecule has 0 radical (unpaired) electrons. The fraction of sp³-hybridized carbons (Fsp3) is 0.133. The van der Waals surface area contributed by atoms with Crippen LogP contribution in [0.2, 0.25) is 0 Å². The summed E-state index contributed by atoms with van der Waals surface area (Å²) >= 11 is 3.13. The molecule has 0 saturated heterocycles. The monoisotopic (exact) mass is 352 g/mol. The maximum Gasteiger partial charge on any atom is 0.337 e. The number of benzene rings is 2. The van der Waals surface area contributed by atoms with Crippen LogP contribution in [-0.2, 0) is 4.74 Å². The van der Waals surface area contributed by atoms with Crippen LogP contribution >= 0.6 is 15.9 Å². The van der Waals surface area contributed by atoms with E-state index in [9.17, 15) is 9.18 Å². The summed E-state index contributed by atoms with van der Waals surface area (Å²) in [6, 6.07) is 7.82. The highest BCUT2D eigenvalue weighted by Gasteiger charge is 2.10. The minimum Gasteiger partial charge on any atom is -0.465 e. The molecule has 0 amide bonds. The first kappa shape index (κ1) is 15.3. The zero-order valence-corrected chi connectivity index (χ0v) is 13.1. The number of hydrogen-bond donors (Lipinski definition) is 2. The van der Waals surface area contributed by atoms with Gasteiger partial charge in [-0.05, 0) is 58.7 Å². The summed E-state index contributed by atoms with van der Waals surface area (Å²) in [6.45, 7) is 1.85. The molecule has 110 valence electrons. The van der Waals surface area contributed by atoms with Crippen molar-refractivity contribution in [3.05, 3.63) is 51.7 Å². The summed E-state index contributed by atoms with van der Waals surface area (Å²) in [5.74, 6) is -0.827. The highest BCUT2D eigenvalue weighted by Crippen LogP contribution is 2.29. The number of carbonyl (C=O) groups is 1. The number of nitrogens with two attached hydrogens (primary N) is 1. The van der Waals surface area contributed by atoms with Crippen LogP contribution in [0, 0.1) is 12.7 Å². The van der Waals surface area contributed by atoms with E-state index in [4.69, 9.17) is 5.73 Å². The Hall–Kier alpha value is -2.08. The van der Waals surface area contributed by atoms with Crippen molar-refractivity contribution in [3.63, 3.8) is 0 Å². The Morgan fingerprint density at radius 3 is 2.62 bits per heavy atom. The number of anilines is 3. The lowest BCUT2D eigenvalue weighted by Gasteiger charge is -2.13. The van der Waals surface area contributed by atoms with E-state index < -0.39 is 5.97 Å². The molecule has 0 atom stereocenters. The number of esters is 1. The lowest BCUT2D eigenvalue weighted by molar-refractivity contribution is 0.0601. The Kier molecular flexibility index (Phi) is 4.47. The molecule has 2 aromatic carbocycles. The van der Waals surface area contributed by atoms with Gasteiger partial charge in [-0.3, -0.25) is 0 Å². The average Bonchev–Trinajstić information content (AvgIpc) is 2.45. The summed E-state index contributed by atoms with van der Waals surface area (Å²) in [7, 11) is 1.30. The zero-order valence-electron chi connectivity index (χ0n) is 11.5. The number of nitrogens with one attached hydrogen (secondary N) is 1. The molecule has 0 aliphatic heterocycles. The van der Waals surface area contributed by atoms with Gasteiger partial charge in [0.2, 0.25) is 0 Å². The zero-order chi connectivity index (χ0) is 15.6. The van der Waals surface area contributed by atoms with Gasteiger partial charge in [0.25, 0.3) is 0 Å². The van der Waals surface area contributed by atoms with Gasteiger partial charge in [0.15, 0.2) is 0 Å². The molecule has 0 heterocycles. The van der Waals surface area contributed by atoms with Crippen LogP contribution in [0.1, 0.15) is 15.9 Å². The van der Waals surface area contributed by atoms with E-state index in [1.54, 1.807) is 18.2 Å². The molecule has 6 heteroatoms. The van der Waals surface area contributed by atoms with E-state index in [-0.39, 0.29) is 5.82 Å². The second-order valence-electron chi connectivity index (χ2n) is 4.50. The van der Waals surface area contributed by atoms with E-state index in [1.807, 2.05) is 6.92 Å². The number of carbonyl (C=O) groups excluding carboxylic acids is 1. The predicted molar refractivity (Wildman–Crippen MR) is 84.3 cm³/mol. The van der Waals surface area contributed by atoms with Crippen LogP contribution in [0.4, 0.5) is 21.5 Å². The Morgan fingerprint density at radius 2 is 2.00 bits per heavy atom. The molecule has 0 saturated carbocycles. The van der Waals surface area contributed by atoms with Crippen molar-refractivity contribution in [2.75, 3.05) is 18.2 Å². The molecule has 4 nitrogen and oxygen atoms in total. The topological polar surface area (TPSA) is 64.3 Å². The van der Waals surface area contributed by atoms with Crippen LogP contribution in [0.15, 0.2) is 34.8 Å². The molecular formula is C15H14BrFN2O2. The SMILES string of the molecule is COC(=O)c1ccc(Nc2cc(F)c(Br)cc2C)c(N)c1. The summed E-state index contributed by atoms with van der Waals surface area (Å²) < 4.78 is 18.6. The lowest BCUT2D eigenvalue weighted by Crippen LogP contribution is -2.04. The molecule has 0 bridgehead atoms. The number of ether oxygens (including phenoxy) is 1. The molecule has 2 aromatic rings. The number of aryl methyl sites for hydroxylation is 1. The summed E-state index contributed by atoms with van der Waals surface area (Å²) in [5, 5.41) is 3.05. The minimum atomic E-state index is -0.459. The molecule has 0 aromatic heterocycles. The van der Waals surface area contributed by atoms with Crippen molar-refractivity contribution < 1.29 is 13.9 Å². The van der Waals surface area contributed by atoms with E-state index in [1.165, 1.54) is 19.2 Å². The Bertz CT molecular complexity index is 704. The van der Waals surface area contributed by atoms with Gasteiger partial charge >= 0.3 is 5.97 Å². The van der Waals surface area contributed by atoms with Crippen LogP contribution in [0.5, 0.6) is 0 Å². The van der Waals surface area contributed by atoms with Crippen molar-refractivity contribution in [1.29, 1.82) is 0 Å². The maximum absolute atomic E-state index is 13.6. The first-order valence-electron chi connectivity index (χ1n) is 6.13. The van der Waals surface area contributed by atoms with Crippen molar-refractivity contribution in [1.82, 2.24) is 0 Å². The third kappa shape index (κ3) is 3.33. The van der Waals surface area contributed by atoms with E-state index >= 15 is 0 Å². The summed E-state index contributed by atoms with van der Waals surface area (Å²) in [4.78, 5) is 11.4. The van der Waals surface area contributed by atoms with Gasteiger partial charge in [-0.25, -0.2) is 9.18 Å². The van der Waals surface area contributed by atoms with Gasteiger partial charge in [-0.1, -0.05) is 0 Å². The standard InChI is InChI=1S/C15H14BrFN2O2/c1-8-5-10(16)11(17)7-14(8)19-13-4-3-9(6-12(13)18)15(20)21-2/h3-7,19H,18H2,1-2H3. The van der Waals surface area contributed by atoms with E-state index in [0.29, 0.717) is 27.1 Å². The lowest BCUT2D eigenvalue weighted by atomic mass is 10.1. The number of rotatable bonds is 3. The highest BCUT2D eigenvalue weighted by molar-refractivity contribution is 9.10. The van der Waals surface area contributed by atoms with Crippen molar-refractivity contribution >= 4 is 39.0 Å². The quantitative estimate of drug-likeness (QED) is 0.647. The van der Waals surface area contributed by atoms with Crippen LogP contribution in [0.25, 0.3) is 0 Å². The fourth-order valence-corrected chi connectivity index (χ4v) is 2.31. The predicted octanol–water partition coefficient (Wildman–Crippen LogP) is 4.01. The molecule has 0 aliphatic rings. The third-order valence-corrected chi connectivity index (χ3v) is 3.62. The Balaban J connectivity index is 2.32. The van der Waals surface area contributed by atoms with Crippen molar-refractivity contribution in [2.24, 2.45) is 0 Å². The average molecular weight is 353 g/mol. The molecule has 21 heavy (non-hydrogen) atoms. The normalized spacial score (nSPS) is 10.3. The molecule has 2 rings (SSSR count). The van der Waals surface area contributed by atoms with Crippen LogP contribution < -0.4 is 11.1 Å². The Labute approximate surface area is 130 Å². The molecule has 0 aliphatic carbocycles. The van der Waals surface area contributed by atoms with E-state index in [0.717, 1.165) is 5.56 Å². The molecule has 3 N–H and O–H groups in total. The second-order valence-corrected chi connectivity index (χ2v) is 5.35. The van der Waals surface area contributed by atoms with Gasteiger partial charge in [0.1, 0.15) is 5.82 Å². The van der Waals surface area contributed by atoms with Crippen LogP contribution in [0.3, 0.4) is 0 Å².